The molecule has 0 radical (unpaired) electrons. The SMILES string of the molecule is CCOc1ccc(Br)cc1[C@@H]1C(C(=O)OC(C)C)=C(C)Nc2ncnn21. The number of halogens is 1. The van der Waals surface area contributed by atoms with Crippen molar-refractivity contribution in [2.75, 3.05) is 11.9 Å². The topological polar surface area (TPSA) is 78.3 Å². The Morgan fingerprint density at radius 2 is 2.19 bits per heavy atom. The maximum absolute atomic E-state index is 12.9. The Labute approximate surface area is 160 Å². The van der Waals surface area contributed by atoms with Crippen LogP contribution in [0.5, 0.6) is 5.75 Å². The number of carbonyl (C=O) groups is 1. The number of aromatic nitrogens is 3. The van der Waals surface area contributed by atoms with Gasteiger partial charge in [-0.3, -0.25) is 0 Å². The molecule has 138 valence electrons. The van der Waals surface area contributed by atoms with Gasteiger partial charge in [-0.05, 0) is 45.9 Å². The molecular formula is C18H21BrN4O3. The Morgan fingerprint density at radius 1 is 1.42 bits per heavy atom. The van der Waals surface area contributed by atoms with Crippen molar-refractivity contribution in [1.29, 1.82) is 0 Å². The fraction of sp³-hybridized carbons (Fsp3) is 0.389. The van der Waals surface area contributed by atoms with Crippen molar-refractivity contribution in [3.63, 3.8) is 0 Å². The molecule has 0 saturated heterocycles. The van der Waals surface area contributed by atoms with Gasteiger partial charge in [-0.25, -0.2) is 9.48 Å². The first kappa shape index (κ1) is 18.4. The highest BCUT2D eigenvalue weighted by Gasteiger charge is 2.36. The van der Waals surface area contributed by atoms with E-state index in [4.69, 9.17) is 9.47 Å². The lowest BCUT2D eigenvalue weighted by atomic mass is 9.95. The molecule has 0 unspecified atom stereocenters. The summed E-state index contributed by atoms with van der Waals surface area (Å²) in [5, 5.41) is 7.45. The van der Waals surface area contributed by atoms with E-state index in [1.807, 2.05) is 45.9 Å². The highest BCUT2D eigenvalue weighted by molar-refractivity contribution is 9.10. The van der Waals surface area contributed by atoms with Gasteiger partial charge in [0, 0.05) is 15.7 Å². The molecule has 0 amide bonds. The monoisotopic (exact) mass is 420 g/mol. The lowest BCUT2D eigenvalue weighted by Gasteiger charge is -2.29. The number of esters is 1. The average molecular weight is 421 g/mol. The van der Waals surface area contributed by atoms with Crippen molar-refractivity contribution in [3.8, 4) is 5.75 Å². The molecule has 0 fully saturated rings. The van der Waals surface area contributed by atoms with E-state index in [2.05, 4.69) is 31.3 Å². The summed E-state index contributed by atoms with van der Waals surface area (Å²) < 4.78 is 13.8. The Morgan fingerprint density at radius 3 is 2.88 bits per heavy atom. The van der Waals surface area contributed by atoms with Crippen LogP contribution in [0, 0.1) is 0 Å². The first-order chi connectivity index (χ1) is 12.4. The summed E-state index contributed by atoms with van der Waals surface area (Å²) >= 11 is 3.51. The Balaban J connectivity index is 2.18. The van der Waals surface area contributed by atoms with E-state index in [1.165, 1.54) is 6.33 Å². The maximum Gasteiger partial charge on any atom is 0.338 e. The van der Waals surface area contributed by atoms with Gasteiger partial charge in [-0.1, -0.05) is 15.9 Å². The van der Waals surface area contributed by atoms with Gasteiger partial charge in [0.05, 0.1) is 18.3 Å². The van der Waals surface area contributed by atoms with Gasteiger partial charge in [-0.2, -0.15) is 10.1 Å². The number of rotatable bonds is 5. The molecule has 7 nitrogen and oxygen atoms in total. The van der Waals surface area contributed by atoms with Gasteiger partial charge >= 0.3 is 5.97 Å². The minimum Gasteiger partial charge on any atom is -0.494 e. The second-order valence-corrected chi connectivity index (χ2v) is 7.08. The second kappa shape index (κ2) is 7.49. The summed E-state index contributed by atoms with van der Waals surface area (Å²) in [5.74, 6) is 0.862. The van der Waals surface area contributed by atoms with Gasteiger partial charge in [0.1, 0.15) is 18.1 Å². The van der Waals surface area contributed by atoms with Crippen LogP contribution in [0.2, 0.25) is 0 Å². The average Bonchev–Trinajstić information content (AvgIpc) is 3.02. The molecule has 1 aliphatic heterocycles. The fourth-order valence-electron chi connectivity index (χ4n) is 2.94. The Hall–Kier alpha value is -2.35. The van der Waals surface area contributed by atoms with Gasteiger partial charge in [0.25, 0.3) is 0 Å². The van der Waals surface area contributed by atoms with Crippen LogP contribution in [0.15, 0.2) is 40.3 Å². The summed E-state index contributed by atoms with van der Waals surface area (Å²) in [6.45, 7) is 7.91. The van der Waals surface area contributed by atoms with Crippen molar-refractivity contribution in [1.82, 2.24) is 14.8 Å². The van der Waals surface area contributed by atoms with Crippen LogP contribution in [0.25, 0.3) is 0 Å². The maximum atomic E-state index is 12.9. The summed E-state index contributed by atoms with van der Waals surface area (Å²) in [6.07, 6.45) is 1.23. The van der Waals surface area contributed by atoms with Crippen LogP contribution in [-0.4, -0.2) is 33.4 Å². The molecule has 2 aromatic rings. The number of ether oxygens (including phenoxy) is 2. The molecule has 1 aromatic carbocycles. The second-order valence-electron chi connectivity index (χ2n) is 6.16. The lowest BCUT2D eigenvalue weighted by molar-refractivity contribution is -0.143. The molecule has 3 rings (SSSR count). The van der Waals surface area contributed by atoms with Crippen molar-refractivity contribution in [2.24, 2.45) is 0 Å². The van der Waals surface area contributed by atoms with Gasteiger partial charge in [0.2, 0.25) is 5.95 Å². The van der Waals surface area contributed by atoms with Crippen LogP contribution in [0.3, 0.4) is 0 Å². The van der Waals surface area contributed by atoms with Crippen LogP contribution in [0.1, 0.15) is 39.3 Å². The van der Waals surface area contributed by atoms with E-state index >= 15 is 0 Å². The number of fused-ring (bicyclic) bond motifs is 1. The number of anilines is 1. The van der Waals surface area contributed by atoms with Crippen molar-refractivity contribution >= 4 is 27.8 Å². The molecule has 0 aliphatic carbocycles. The minimum absolute atomic E-state index is 0.227. The molecule has 0 spiro atoms. The van der Waals surface area contributed by atoms with Crippen molar-refractivity contribution in [3.05, 3.63) is 45.8 Å². The van der Waals surface area contributed by atoms with Crippen molar-refractivity contribution < 1.29 is 14.3 Å². The zero-order valence-corrected chi connectivity index (χ0v) is 16.7. The quantitative estimate of drug-likeness (QED) is 0.743. The summed E-state index contributed by atoms with van der Waals surface area (Å²) in [5.41, 5.74) is 1.98. The van der Waals surface area contributed by atoms with Gasteiger partial charge < -0.3 is 14.8 Å². The molecule has 1 atom stereocenters. The third kappa shape index (κ3) is 3.46. The van der Waals surface area contributed by atoms with Crippen LogP contribution in [-0.2, 0) is 9.53 Å². The molecule has 0 bridgehead atoms. The van der Waals surface area contributed by atoms with Crippen LogP contribution in [0.4, 0.5) is 5.95 Å². The molecule has 1 aliphatic rings. The molecule has 1 aromatic heterocycles. The smallest absolute Gasteiger partial charge is 0.338 e. The van der Waals surface area contributed by atoms with Gasteiger partial charge in [0.15, 0.2) is 0 Å². The van der Waals surface area contributed by atoms with E-state index in [0.29, 0.717) is 29.6 Å². The number of benzene rings is 1. The molecule has 0 saturated carbocycles. The molecule has 2 heterocycles. The first-order valence-corrected chi connectivity index (χ1v) is 9.22. The third-order valence-electron chi connectivity index (χ3n) is 3.92. The molecule has 1 N–H and O–H groups in total. The molecular weight excluding hydrogens is 400 g/mol. The summed E-state index contributed by atoms with van der Waals surface area (Å²) in [4.78, 5) is 17.1. The number of hydrogen-bond acceptors (Lipinski definition) is 6. The minimum atomic E-state index is -0.501. The number of nitrogens with one attached hydrogen (secondary N) is 1. The van der Waals surface area contributed by atoms with Gasteiger partial charge in [-0.15, -0.1) is 0 Å². The zero-order chi connectivity index (χ0) is 18.8. The van der Waals surface area contributed by atoms with E-state index in [1.54, 1.807) is 4.68 Å². The van der Waals surface area contributed by atoms with E-state index < -0.39 is 12.0 Å². The van der Waals surface area contributed by atoms with Crippen LogP contribution >= 0.6 is 15.9 Å². The van der Waals surface area contributed by atoms with E-state index in [9.17, 15) is 4.79 Å². The normalized spacial score (nSPS) is 16.3. The van der Waals surface area contributed by atoms with E-state index in [0.717, 1.165) is 10.0 Å². The lowest BCUT2D eigenvalue weighted by Crippen LogP contribution is -2.31. The number of carbonyl (C=O) groups excluding carboxylic acids is 1. The number of allylic oxidation sites excluding steroid dienone is 1. The Kier molecular flexibility index (Phi) is 5.31. The fourth-order valence-corrected chi connectivity index (χ4v) is 3.32. The predicted octanol–water partition coefficient (Wildman–Crippen LogP) is 3.68. The molecule has 8 heteroatoms. The molecule has 26 heavy (non-hydrogen) atoms. The summed E-state index contributed by atoms with van der Waals surface area (Å²) in [7, 11) is 0. The zero-order valence-electron chi connectivity index (χ0n) is 15.1. The Bertz CT molecular complexity index is 860. The van der Waals surface area contributed by atoms with Crippen LogP contribution < -0.4 is 10.1 Å². The largest absolute Gasteiger partial charge is 0.494 e. The highest BCUT2D eigenvalue weighted by atomic mass is 79.9. The standard InChI is InChI=1S/C18H21BrN4O3/c1-5-25-14-7-6-12(19)8-13(14)16-15(17(24)26-10(2)3)11(4)22-18-20-9-21-23(16)18/h6-10,16H,5H2,1-4H3,(H,20,21,22)/t16-/m1/s1. The number of nitrogens with zero attached hydrogens (tertiary/aromatic N) is 3. The first-order valence-electron chi connectivity index (χ1n) is 8.42. The predicted molar refractivity (Wildman–Crippen MR) is 101 cm³/mol. The number of hydrogen-bond donors (Lipinski definition) is 1. The third-order valence-corrected chi connectivity index (χ3v) is 4.42. The summed E-state index contributed by atoms with van der Waals surface area (Å²) in [6, 6.07) is 5.21. The highest BCUT2D eigenvalue weighted by Crippen LogP contribution is 2.40. The van der Waals surface area contributed by atoms with Crippen molar-refractivity contribution in [2.45, 2.75) is 39.8 Å². The van der Waals surface area contributed by atoms with E-state index in [-0.39, 0.29) is 6.10 Å².